The van der Waals surface area contributed by atoms with E-state index in [9.17, 15) is 4.79 Å². The minimum Gasteiger partial charge on any atom is -0.444 e. The van der Waals surface area contributed by atoms with Crippen LogP contribution in [0.3, 0.4) is 0 Å². The number of aliphatic imine (C=N–C) groups is 1. The Hall–Kier alpha value is -0.810. The SMILES string of the molecule is CCNC(=NCCN(C)C(=O)OC(C)(C)C)N1CCC(OCCCOC)CC1.I. The van der Waals surface area contributed by atoms with Crippen LogP contribution in [-0.4, -0.2) is 93.7 Å². The van der Waals surface area contributed by atoms with Gasteiger partial charge in [0.2, 0.25) is 0 Å². The number of carbonyl (C=O) groups excluding carboxylic acids is 1. The molecule has 0 aromatic rings. The molecule has 1 rings (SSSR count). The Morgan fingerprint density at radius 2 is 1.90 bits per heavy atom. The molecule has 0 atom stereocenters. The molecule has 1 fully saturated rings. The Morgan fingerprint density at radius 1 is 1.24 bits per heavy atom. The van der Waals surface area contributed by atoms with Crippen molar-refractivity contribution in [1.29, 1.82) is 0 Å². The van der Waals surface area contributed by atoms with E-state index in [4.69, 9.17) is 19.2 Å². The van der Waals surface area contributed by atoms with E-state index >= 15 is 0 Å². The molecule has 172 valence electrons. The molecular weight excluding hydrogens is 487 g/mol. The predicted molar refractivity (Wildman–Crippen MR) is 127 cm³/mol. The van der Waals surface area contributed by atoms with Gasteiger partial charge in [0.1, 0.15) is 5.60 Å². The molecule has 0 bridgehead atoms. The molecule has 0 aromatic heterocycles. The first-order valence-corrected chi connectivity index (χ1v) is 10.3. The van der Waals surface area contributed by atoms with Gasteiger partial charge in [-0.15, -0.1) is 24.0 Å². The highest BCUT2D eigenvalue weighted by Gasteiger charge is 2.22. The molecule has 9 heteroatoms. The van der Waals surface area contributed by atoms with E-state index in [0.29, 0.717) is 19.2 Å². The number of guanidine groups is 1. The second-order valence-corrected chi connectivity index (χ2v) is 8.04. The third-order valence-corrected chi connectivity index (χ3v) is 4.32. The fourth-order valence-corrected chi connectivity index (χ4v) is 2.85. The number of halogens is 1. The zero-order valence-electron chi connectivity index (χ0n) is 19.0. The second-order valence-electron chi connectivity index (χ2n) is 8.04. The lowest BCUT2D eigenvalue weighted by Gasteiger charge is -2.34. The number of hydrogen-bond donors (Lipinski definition) is 1. The Kier molecular flexibility index (Phi) is 14.6. The maximum absolute atomic E-state index is 12.0. The molecule has 29 heavy (non-hydrogen) atoms. The number of piperidine rings is 1. The van der Waals surface area contributed by atoms with Gasteiger partial charge in [-0.1, -0.05) is 0 Å². The second kappa shape index (κ2) is 15.1. The molecule has 1 aliphatic heterocycles. The number of nitrogens with zero attached hydrogens (tertiary/aromatic N) is 3. The van der Waals surface area contributed by atoms with E-state index in [1.54, 1.807) is 19.1 Å². The van der Waals surface area contributed by atoms with E-state index in [0.717, 1.165) is 58.1 Å². The number of nitrogens with one attached hydrogen (secondary N) is 1. The molecule has 0 aromatic carbocycles. The van der Waals surface area contributed by atoms with Crippen molar-refractivity contribution in [2.24, 2.45) is 4.99 Å². The number of rotatable bonds is 9. The Bertz CT molecular complexity index is 478. The van der Waals surface area contributed by atoms with Crippen molar-refractivity contribution in [3.8, 4) is 0 Å². The number of ether oxygens (including phenoxy) is 3. The Labute approximate surface area is 193 Å². The van der Waals surface area contributed by atoms with Crippen molar-refractivity contribution in [3.63, 3.8) is 0 Å². The summed E-state index contributed by atoms with van der Waals surface area (Å²) in [7, 11) is 3.45. The van der Waals surface area contributed by atoms with Gasteiger partial charge >= 0.3 is 6.09 Å². The molecule has 0 unspecified atom stereocenters. The summed E-state index contributed by atoms with van der Waals surface area (Å²) in [6.45, 7) is 12.9. The highest BCUT2D eigenvalue weighted by atomic mass is 127. The summed E-state index contributed by atoms with van der Waals surface area (Å²) in [5, 5.41) is 3.35. The van der Waals surface area contributed by atoms with E-state index in [2.05, 4.69) is 17.1 Å². The fraction of sp³-hybridized carbons (Fsp3) is 0.900. The van der Waals surface area contributed by atoms with Gasteiger partial charge in [0.25, 0.3) is 0 Å². The van der Waals surface area contributed by atoms with Crippen molar-refractivity contribution in [2.75, 3.05) is 60.1 Å². The van der Waals surface area contributed by atoms with E-state index in [1.807, 2.05) is 20.8 Å². The lowest BCUT2D eigenvalue weighted by Crippen LogP contribution is -2.47. The monoisotopic (exact) mass is 528 g/mol. The van der Waals surface area contributed by atoms with Crippen LogP contribution in [-0.2, 0) is 14.2 Å². The third-order valence-electron chi connectivity index (χ3n) is 4.32. The summed E-state index contributed by atoms with van der Waals surface area (Å²) in [4.78, 5) is 20.6. The first kappa shape index (κ1) is 28.2. The number of methoxy groups -OCH3 is 1. The lowest BCUT2D eigenvalue weighted by molar-refractivity contribution is 0.00985. The smallest absolute Gasteiger partial charge is 0.410 e. The maximum Gasteiger partial charge on any atom is 0.410 e. The molecule has 1 N–H and O–H groups in total. The van der Waals surface area contributed by atoms with Crippen LogP contribution in [0.4, 0.5) is 4.79 Å². The normalized spacial score (nSPS) is 15.7. The standard InChI is InChI=1S/C20H40N4O4.HI/c1-7-21-18(22-11-14-23(5)19(25)28-20(2,3)4)24-12-9-17(10-13-24)27-16-8-15-26-6;/h17H,7-16H2,1-6H3,(H,21,22);1H. The van der Waals surface area contributed by atoms with Gasteiger partial charge in [0, 0.05) is 53.6 Å². The van der Waals surface area contributed by atoms with E-state index in [1.165, 1.54) is 0 Å². The fourth-order valence-electron chi connectivity index (χ4n) is 2.85. The zero-order valence-corrected chi connectivity index (χ0v) is 21.4. The summed E-state index contributed by atoms with van der Waals surface area (Å²) < 4.78 is 16.4. The number of likely N-dealkylation sites (tertiary alicyclic amines) is 1. The topological polar surface area (TPSA) is 75.6 Å². The molecule has 0 radical (unpaired) electrons. The summed E-state index contributed by atoms with van der Waals surface area (Å²) in [6.07, 6.45) is 2.92. The van der Waals surface area contributed by atoms with Crippen molar-refractivity contribution < 1.29 is 19.0 Å². The highest BCUT2D eigenvalue weighted by molar-refractivity contribution is 14.0. The molecular formula is C20H41IN4O4. The van der Waals surface area contributed by atoms with Gasteiger partial charge in [-0.3, -0.25) is 4.99 Å². The lowest BCUT2D eigenvalue weighted by atomic mass is 10.1. The minimum atomic E-state index is -0.487. The molecule has 1 heterocycles. The van der Waals surface area contributed by atoms with Crippen LogP contribution in [0.15, 0.2) is 4.99 Å². The minimum absolute atomic E-state index is 0. The molecule has 8 nitrogen and oxygen atoms in total. The number of amides is 1. The first-order chi connectivity index (χ1) is 13.3. The van der Waals surface area contributed by atoms with Crippen molar-refractivity contribution in [2.45, 2.75) is 58.7 Å². The quantitative estimate of drug-likeness (QED) is 0.215. The molecule has 0 saturated carbocycles. The van der Waals surface area contributed by atoms with E-state index < -0.39 is 5.60 Å². The van der Waals surface area contributed by atoms with Gasteiger partial charge < -0.3 is 29.3 Å². The number of carbonyl (C=O) groups is 1. The average molecular weight is 528 g/mol. The van der Waals surface area contributed by atoms with Gasteiger partial charge in [0.05, 0.1) is 12.6 Å². The van der Waals surface area contributed by atoms with Gasteiger partial charge in [-0.2, -0.15) is 0 Å². The van der Waals surface area contributed by atoms with Crippen LogP contribution in [0.25, 0.3) is 0 Å². The van der Waals surface area contributed by atoms with Crippen LogP contribution in [0.1, 0.15) is 47.0 Å². The van der Waals surface area contributed by atoms with Crippen LogP contribution in [0, 0.1) is 0 Å². The largest absolute Gasteiger partial charge is 0.444 e. The number of likely N-dealkylation sites (N-methyl/N-ethyl adjacent to an activating group) is 1. The first-order valence-electron chi connectivity index (χ1n) is 10.3. The molecule has 1 saturated heterocycles. The van der Waals surface area contributed by atoms with Crippen molar-refractivity contribution in [3.05, 3.63) is 0 Å². The molecule has 1 aliphatic rings. The summed E-state index contributed by atoms with van der Waals surface area (Å²) >= 11 is 0. The molecule has 0 aliphatic carbocycles. The Morgan fingerprint density at radius 3 is 2.45 bits per heavy atom. The summed E-state index contributed by atoms with van der Waals surface area (Å²) in [6, 6.07) is 0. The Balaban J connectivity index is 0.00000784. The van der Waals surface area contributed by atoms with Crippen LogP contribution < -0.4 is 5.32 Å². The highest BCUT2D eigenvalue weighted by Crippen LogP contribution is 2.14. The maximum atomic E-state index is 12.0. The average Bonchev–Trinajstić information content (AvgIpc) is 2.63. The number of hydrogen-bond acceptors (Lipinski definition) is 5. The summed E-state index contributed by atoms with van der Waals surface area (Å²) in [5.41, 5.74) is -0.487. The van der Waals surface area contributed by atoms with Crippen LogP contribution in [0.2, 0.25) is 0 Å². The molecule has 1 amide bonds. The van der Waals surface area contributed by atoms with Gasteiger partial charge in [0.15, 0.2) is 5.96 Å². The van der Waals surface area contributed by atoms with E-state index in [-0.39, 0.29) is 30.1 Å². The van der Waals surface area contributed by atoms with Crippen LogP contribution in [0.5, 0.6) is 0 Å². The molecule has 0 spiro atoms. The predicted octanol–water partition coefficient (Wildman–Crippen LogP) is 2.95. The summed E-state index contributed by atoms with van der Waals surface area (Å²) in [5.74, 6) is 0.901. The van der Waals surface area contributed by atoms with Gasteiger partial charge in [-0.25, -0.2) is 4.79 Å². The van der Waals surface area contributed by atoms with Crippen molar-refractivity contribution in [1.82, 2.24) is 15.1 Å². The zero-order chi connectivity index (χ0) is 21.0. The third kappa shape index (κ3) is 12.5. The van der Waals surface area contributed by atoms with Gasteiger partial charge in [-0.05, 0) is 47.0 Å². The van der Waals surface area contributed by atoms with Crippen molar-refractivity contribution >= 4 is 36.0 Å². The van der Waals surface area contributed by atoms with Crippen LogP contribution >= 0.6 is 24.0 Å².